The van der Waals surface area contributed by atoms with E-state index in [1.165, 1.54) is 0 Å². The first-order valence-corrected chi connectivity index (χ1v) is 7.92. The van der Waals surface area contributed by atoms with Crippen LogP contribution in [0.5, 0.6) is 5.75 Å². The lowest BCUT2D eigenvalue weighted by atomic mass is 10.2. The van der Waals surface area contributed by atoms with Crippen molar-refractivity contribution in [1.29, 1.82) is 0 Å². The Kier molecular flexibility index (Phi) is 3.91. The largest absolute Gasteiger partial charge is 0.490 e. The first-order valence-electron chi connectivity index (χ1n) is 7.92. The van der Waals surface area contributed by atoms with Crippen molar-refractivity contribution >= 4 is 21.8 Å². The van der Waals surface area contributed by atoms with Gasteiger partial charge in [-0.05, 0) is 30.3 Å². The molecule has 2 N–H and O–H groups in total. The highest BCUT2D eigenvalue weighted by Crippen LogP contribution is 2.24. The fourth-order valence-corrected chi connectivity index (χ4v) is 2.76. The molecule has 25 heavy (non-hydrogen) atoms. The fourth-order valence-electron chi connectivity index (χ4n) is 2.76. The van der Waals surface area contributed by atoms with E-state index in [9.17, 15) is 9.90 Å². The summed E-state index contributed by atoms with van der Waals surface area (Å²) in [7, 11) is 0. The predicted molar refractivity (Wildman–Crippen MR) is 93.6 cm³/mol. The lowest BCUT2D eigenvalue weighted by Gasteiger charge is -2.13. The van der Waals surface area contributed by atoms with Gasteiger partial charge in [0.15, 0.2) is 0 Å². The summed E-state index contributed by atoms with van der Waals surface area (Å²) >= 11 is 0. The summed E-state index contributed by atoms with van der Waals surface area (Å²) in [5.74, 6) is 0.676. The van der Waals surface area contributed by atoms with Gasteiger partial charge in [0.2, 0.25) is 0 Å². The zero-order valence-corrected chi connectivity index (χ0v) is 13.3. The van der Waals surface area contributed by atoms with E-state index in [0.29, 0.717) is 16.7 Å². The summed E-state index contributed by atoms with van der Waals surface area (Å²) in [5.41, 5.74) is 1.22. The van der Waals surface area contributed by atoms with Crippen LogP contribution in [0.3, 0.4) is 0 Å². The van der Waals surface area contributed by atoms with Gasteiger partial charge in [0.25, 0.3) is 5.56 Å². The normalized spacial score (nSPS) is 12.5. The van der Waals surface area contributed by atoms with Gasteiger partial charge in [-0.3, -0.25) is 4.79 Å². The first-order chi connectivity index (χ1) is 12.2. The molecule has 0 radical (unpaired) electrons. The summed E-state index contributed by atoms with van der Waals surface area (Å²) in [6, 6.07) is 14.6. The molecule has 0 bridgehead atoms. The van der Waals surface area contributed by atoms with Crippen LogP contribution >= 0.6 is 0 Å². The van der Waals surface area contributed by atoms with Crippen LogP contribution in [0.2, 0.25) is 0 Å². The SMILES string of the molecule is O=c1c2ccccc2nnn1CC(O)COc1cccc2[nH]ccc12. The molecule has 2 heterocycles. The van der Waals surface area contributed by atoms with Crippen molar-refractivity contribution in [2.75, 3.05) is 6.61 Å². The summed E-state index contributed by atoms with van der Waals surface area (Å²) in [5, 5.41) is 19.5. The zero-order chi connectivity index (χ0) is 17.2. The van der Waals surface area contributed by atoms with E-state index in [2.05, 4.69) is 15.3 Å². The lowest BCUT2D eigenvalue weighted by molar-refractivity contribution is 0.0880. The maximum atomic E-state index is 12.4. The Bertz CT molecular complexity index is 1090. The van der Waals surface area contributed by atoms with Crippen molar-refractivity contribution in [3.8, 4) is 5.75 Å². The molecular formula is C18H16N4O3. The van der Waals surface area contributed by atoms with Crippen LogP contribution in [-0.4, -0.2) is 37.8 Å². The average Bonchev–Trinajstić information content (AvgIpc) is 3.12. The standard InChI is InChI=1S/C18H16N4O3/c23-12(11-25-17-7-3-6-15-13(17)8-9-19-15)10-22-18(24)14-4-1-2-5-16(14)20-21-22/h1-9,12,19,23H,10-11H2. The number of aromatic nitrogens is 4. The highest BCUT2D eigenvalue weighted by Gasteiger charge is 2.12. The van der Waals surface area contributed by atoms with Gasteiger partial charge >= 0.3 is 0 Å². The van der Waals surface area contributed by atoms with Gasteiger partial charge in [-0.2, -0.15) is 0 Å². The van der Waals surface area contributed by atoms with E-state index < -0.39 is 6.10 Å². The molecule has 0 saturated carbocycles. The molecule has 2 aromatic carbocycles. The van der Waals surface area contributed by atoms with E-state index in [1.54, 1.807) is 24.3 Å². The molecule has 126 valence electrons. The summed E-state index contributed by atoms with van der Waals surface area (Å²) in [6.45, 7) is 0.0605. The monoisotopic (exact) mass is 336 g/mol. The van der Waals surface area contributed by atoms with E-state index in [-0.39, 0.29) is 18.7 Å². The van der Waals surface area contributed by atoms with Crippen LogP contribution in [0.4, 0.5) is 0 Å². The molecule has 0 aliphatic carbocycles. The van der Waals surface area contributed by atoms with Gasteiger partial charge in [0, 0.05) is 17.1 Å². The third-order valence-electron chi connectivity index (χ3n) is 4.00. The second-order valence-corrected chi connectivity index (χ2v) is 5.75. The lowest BCUT2D eigenvalue weighted by Crippen LogP contribution is -2.32. The molecule has 0 saturated heterocycles. The molecule has 4 aromatic rings. The Labute approximate surface area is 142 Å². The van der Waals surface area contributed by atoms with Gasteiger partial charge in [-0.15, -0.1) is 5.10 Å². The highest BCUT2D eigenvalue weighted by atomic mass is 16.5. The fraction of sp³-hybridized carbons (Fsp3) is 0.167. The molecule has 0 fully saturated rings. The maximum Gasteiger partial charge on any atom is 0.277 e. The summed E-state index contributed by atoms with van der Waals surface area (Å²) in [6.07, 6.45) is 0.945. The van der Waals surface area contributed by atoms with E-state index in [4.69, 9.17) is 4.74 Å². The Morgan fingerprint density at radius 2 is 2.00 bits per heavy atom. The molecule has 0 aliphatic rings. The van der Waals surface area contributed by atoms with E-state index in [0.717, 1.165) is 15.6 Å². The molecule has 7 nitrogen and oxygen atoms in total. The number of ether oxygens (including phenoxy) is 1. The van der Waals surface area contributed by atoms with Crippen LogP contribution in [0.1, 0.15) is 0 Å². The number of nitrogens with one attached hydrogen (secondary N) is 1. The van der Waals surface area contributed by atoms with Gasteiger partial charge in [0.1, 0.15) is 24.0 Å². The molecule has 1 atom stereocenters. The molecule has 1 unspecified atom stereocenters. The number of benzene rings is 2. The predicted octanol–water partition coefficient (Wildman–Crippen LogP) is 1.71. The van der Waals surface area contributed by atoms with Crippen molar-refractivity contribution in [2.45, 2.75) is 12.6 Å². The number of aliphatic hydroxyl groups is 1. The Balaban J connectivity index is 1.49. The molecule has 7 heteroatoms. The number of hydrogen-bond donors (Lipinski definition) is 2. The van der Waals surface area contributed by atoms with Crippen LogP contribution in [0.15, 0.2) is 59.5 Å². The third-order valence-corrected chi connectivity index (χ3v) is 4.00. The van der Waals surface area contributed by atoms with Crippen molar-refractivity contribution in [3.05, 3.63) is 65.1 Å². The summed E-state index contributed by atoms with van der Waals surface area (Å²) in [4.78, 5) is 15.5. The van der Waals surface area contributed by atoms with Gasteiger partial charge in [0.05, 0.1) is 11.9 Å². The highest BCUT2D eigenvalue weighted by molar-refractivity contribution is 5.85. The number of hydrogen-bond acceptors (Lipinski definition) is 5. The minimum absolute atomic E-state index is 0.0137. The number of fused-ring (bicyclic) bond motifs is 2. The average molecular weight is 336 g/mol. The number of rotatable bonds is 5. The van der Waals surface area contributed by atoms with Crippen LogP contribution < -0.4 is 10.3 Å². The van der Waals surface area contributed by atoms with Crippen LogP contribution in [-0.2, 0) is 6.54 Å². The molecule has 0 aliphatic heterocycles. The first kappa shape index (κ1) is 15.3. The molecule has 0 spiro atoms. The van der Waals surface area contributed by atoms with Crippen LogP contribution in [0, 0.1) is 0 Å². The van der Waals surface area contributed by atoms with Crippen molar-refractivity contribution in [2.24, 2.45) is 0 Å². The van der Waals surface area contributed by atoms with E-state index in [1.807, 2.05) is 30.5 Å². The molecule has 4 rings (SSSR count). The quantitative estimate of drug-likeness (QED) is 0.579. The zero-order valence-electron chi connectivity index (χ0n) is 13.3. The minimum Gasteiger partial charge on any atom is -0.490 e. The van der Waals surface area contributed by atoms with Crippen molar-refractivity contribution in [1.82, 2.24) is 20.0 Å². The second-order valence-electron chi connectivity index (χ2n) is 5.75. The topological polar surface area (TPSA) is 93.0 Å². The Morgan fingerprint density at radius 1 is 1.12 bits per heavy atom. The third kappa shape index (κ3) is 2.97. The second kappa shape index (κ2) is 6.37. The van der Waals surface area contributed by atoms with Crippen molar-refractivity contribution < 1.29 is 9.84 Å². The van der Waals surface area contributed by atoms with Crippen LogP contribution in [0.25, 0.3) is 21.8 Å². The molecule has 2 aromatic heterocycles. The number of H-pyrrole nitrogens is 1. The Hall–Kier alpha value is -3.19. The van der Waals surface area contributed by atoms with Crippen molar-refractivity contribution in [3.63, 3.8) is 0 Å². The minimum atomic E-state index is -0.887. The maximum absolute atomic E-state index is 12.4. The van der Waals surface area contributed by atoms with Gasteiger partial charge in [-0.25, -0.2) is 4.68 Å². The smallest absolute Gasteiger partial charge is 0.277 e. The van der Waals surface area contributed by atoms with Gasteiger partial charge < -0.3 is 14.8 Å². The van der Waals surface area contributed by atoms with Gasteiger partial charge in [-0.1, -0.05) is 23.4 Å². The number of nitrogens with zero attached hydrogens (tertiary/aromatic N) is 3. The number of aromatic amines is 1. The number of aliphatic hydroxyl groups excluding tert-OH is 1. The summed E-state index contributed by atoms with van der Waals surface area (Å²) < 4.78 is 6.87. The molecule has 0 amide bonds. The Morgan fingerprint density at radius 3 is 2.92 bits per heavy atom. The molecular weight excluding hydrogens is 320 g/mol. The van der Waals surface area contributed by atoms with E-state index >= 15 is 0 Å².